The van der Waals surface area contributed by atoms with Crippen molar-refractivity contribution < 1.29 is 0 Å². The monoisotopic (exact) mass is 242 g/mol. The lowest BCUT2D eigenvalue weighted by molar-refractivity contribution is 0.199. The quantitative estimate of drug-likeness (QED) is 0.802. The first-order valence-corrected chi connectivity index (χ1v) is 6.79. The Kier molecular flexibility index (Phi) is 2.14. The molecule has 4 heteroatoms. The van der Waals surface area contributed by atoms with Gasteiger partial charge in [-0.1, -0.05) is 0 Å². The molecule has 1 aromatic carbocycles. The van der Waals surface area contributed by atoms with E-state index in [1.54, 1.807) is 0 Å². The predicted octanol–water partition coefficient (Wildman–Crippen LogP) is 1.90. The van der Waals surface area contributed by atoms with E-state index in [0.29, 0.717) is 5.54 Å². The minimum Gasteiger partial charge on any atom is -0.363 e. The van der Waals surface area contributed by atoms with E-state index in [1.807, 2.05) is 6.20 Å². The number of aromatic amines is 1. The van der Waals surface area contributed by atoms with Crippen molar-refractivity contribution in [3.05, 3.63) is 24.4 Å². The number of H-pyrrole nitrogens is 1. The summed E-state index contributed by atoms with van der Waals surface area (Å²) < 4.78 is 0. The van der Waals surface area contributed by atoms with Crippen molar-refractivity contribution >= 4 is 16.6 Å². The Morgan fingerprint density at radius 3 is 3.06 bits per heavy atom. The summed E-state index contributed by atoms with van der Waals surface area (Å²) >= 11 is 0. The predicted molar refractivity (Wildman–Crippen MR) is 72.9 cm³/mol. The number of hydrogen-bond acceptors (Lipinski definition) is 3. The van der Waals surface area contributed by atoms with Crippen molar-refractivity contribution in [2.45, 2.75) is 24.8 Å². The Balaban J connectivity index is 1.75. The second-order valence-electron chi connectivity index (χ2n) is 5.55. The van der Waals surface area contributed by atoms with Gasteiger partial charge in [-0.15, -0.1) is 0 Å². The van der Waals surface area contributed by atoms with E-state index in [0.717, 1.165) is 25.2 Å². The summed E-state index contributed by atoms with van der Waals surface area (Å²) in [5.74, 6) is 0. The van der Waals surface area contributed by atoms with Crippen LogP contribution in [0.5, 0.6) is 0 Å². The van der Waals surface area contributed by atoms with Crippen molar-refractivity contribution in [3.63, 3.8) is 0 Å². The first kappa shape index (κ1) is 10.4. The van der Waals surface area contributed by atoms with Crippen molar-refractivity contribution in [1.82, 2.24) is 15.5 Å². The fourth-order valence-electron chi connectivity index (χ4n) is 3.38. The van der Waals surface area contributed by atoms with E-state index in [9.17, 15) is 0 Å². The molecule has 0 bridgehead atoms. The maximum atomic E-state index is 4.10. The minimum atomic E-state index is 0.385. The third-order valence-electron chi connectivity index (χ3n) is 4.56. The lowest BCUT2D eigenvalue weighted by Crippen LogP contribution is -2.65. The van der Waals surface area contributed by atoms with E-state index in [2.05, 4.69) is 38.6 Å². The molecule has 1 aromatic heterocycles. The Morgan fingerprint density at radius 1 is 1.28 bits per heavy atom. The maximum Gasteiger partial charge on any atom is 0.0651 e. The highest BCUT2D eigenvalue weighted by atomic mass is 15.3. The Hall–Kier alpha value is -1.55. The zero-order chi connectivity index (χ0) is 12.0. The van der Waals surface area contributed by atoms with Crippen LogP contribution in [-0.4, -0.2) is 35.4 Å². The van der Waals surface area contributed by atoms with Gasteiger partial charge in [-0.2, -0.15) is 5.10 Å². The molecule has 0 amide bonds. The third-order valence-corrected chi connectivity index (χ3v) is 4.56. The van der Waals surface area contributed by atoms with Crippen LogP contribution >= 0.6 is 0 Å². The van der Waals surface area contributed by atoms with Crippen LogP contribution in [0.25, 0.3) is 10.9 Å². The van der Waals surface area contributed by atoms with Crippen LogP contribution in [0.4, 0.5) is 5.69 Å². The maximum absolute atomic E-state index is 4.10. The molecule has 18 heavy (non-hydrogen) atoms. The molecule has 2 heterocycles. The number of anilines is 1. The highest BCUT2D eigenvalue weighted by Crippen LogP contribution is 2.41. The summed E-state index contributed by atoms with van der Waals surface area (Å²) in [6, 6.07) is 6.64. The van der Waals surface area contributed by atoms with Gasteiger partial charge in [0.15, 0.2) is 0 Å². The molecule has 4 nitrogen and oxygen atoms in total. The van der Waals surface area contributed by atoms with E-state index in [4.69, 9.17) is 0 Å². The summed E-state index contributed by atoms with van der Waals surface area (Å²) in [5.41, 5.74) is 2.86. The van der Waals surface area contributed by atoms with Crippen molar-refractivity contribution in [3.8, 4) is 0 Å². The van der Waals surface area contributed by atoms with Crippen LogP contribution in [0, 0.1) is 0 Å². The average Bonchev–Trinajstić information content (AvgIpc) is 2.84. The molecule has 4 rings (SSSR count). The molecule has 0 radical (unpaired) electrons. The number of benzene rings is 1. The molecule has 1 spiro atoms. The standard InChI is InChI=1S/C14H18N4/c1-4-14(5-1)10-15-6-7-18(14)12-2-3-13-11(8-12)9-16-17-13/h2-3,8-9,15H,1,4-7,10H2,(H,16,17). The van der Waals surface area contributed by atoms with E-state index in [-0.39, 0.29) is 0 Å². The normalized spacial score (nSPS) is 22.3. The van der Waals surface area contributed by atoms with Crippen molar-refractivity contribution in [2.75, 3.05) is 24.5 Å². The highest BCUT2D eigenvalue weighted by Gasteiger charge is 2.43. The molecule has 1 aliphatic heterocycles. The fourth-order valence-corrected chi connectivity index (χ4v) is 3.38. The smallest absolute Gasteiger partial charge is 0.0651 e. The van der Waals surface area contributed by atoms with Gasteiger partial charge in [-0.25, -0.2) is 0 Å². The van der Waals surface area contributed by atoms with Crippen molar-refractivity contribution in [2.24, 2.45) is 0 Å². The van der Waals surface area contributed by atoms with E-state index < -0.39 is 0 Å². The highest BCUT2D eigenvalue weighted by molar-refractivity contribution is 5.82. The minimum absolute atomic E-state index is 0.385. The van der Waals surface area contributed by atoms with Gasteiger partial charge in [-0.05, 0) is 37.5 Å². The summed E-state index contributed by atoms with van der Waals surface area (Å²) in [7, 11) is 0. The van der Waals surface area contributed by atoms with Gasteiger partial charge in [0.05, 0.1) is 17.3 Å². The number of hydrogen-bond donors (Lipinski definition) is 2. The molecule has 0 unspecified atom stereocenters. The molecule has 1 saturated carbocycles. The van der Waals surface area contributed by atoms with Crippen LogP contribution in [0.3, 0.4) is 0 Å². The van der Waals surface area contributed by atoms with Crippen LogP contribution in [0.1, 0.15) is 19.3 Å². The first-order chi connectivity index (χ1) is 8.87. The zero-order valence-corrected chi connectivity index (χ0v) is 10.4. The molecule has 2 N–H and O–H groups in total. The first-order valence-electron chi connectivity index (χ1n) is 6.79. The summed E-state index contributed by atoms with van der Waals surface area (Å²) in [4.78, 5) is 2.61. The van der Waals surface area contributed by atoms with Gasteiger partial charge in [-0.3, -0.25) is 5.10 Å². The second-order valence-corrected chi connectivity index (χ2v) is 5.55. The van der Waals surface area contributed by atoms with Crippen molar-refractivity contribution in [1.29, 1.82) is 0 Å². The molecule has 1 saturated heterocycles. The second kappa shape index (κ2) is 3.72. The number of aromatic nitrogens is 2. The molecule has 0 atom stereocenters. The number of rotatable bonds is 1. The summed E-state index contributed by atoms with van der Waals surface area (Å²) in [6.45, 7) is 3.34. The van der Waals surface area contributed by atoms with E-state index >= 15 is 0 Å². The molecule has 1 aliphatic carbocycles. The van der Waals surface area contributed by atoms with Crippen LogP contribution in [-0.2, 0) is 0 Å². The zero-order valence-electron chi connectivity index (χ0n) is 10.4. The molecule has 94 valence electrons. The summed E-state index contributed by atoms with van der Waals surface area (Å²) in [5, 5.41) is 11.9. The number of nitrogens with one attached hydrogen (secondary N) is 2. The van der Waals surface area contributed by atoms with Gasteiger partial charge in [0.1, 0.15) is 0 Å². The van der Waals surface area contributed by atoms with Crippen LogP contribution < -0.4 is 10.2 Å². The van der Waals surface area contributed by atoms with Crippen LogP contribution in [0.2, 0.25) is 0 Å². The molecule has 2 fully saturated rings. The van der Waals surface area contributed by atoms with Gasteiger partial charge in [0.25, 0.3) is 0 Å². The summed E-state index contributed by atoms with van der Waals surface area (Å²) in [6.07, 6.45) is 5.92. The Bertz CT molecular complexity index is 570. The topological polar surface area (TPSA) is 44.0 Å². The molecule has 2 aliphatic rings. The lowest BCUT2D eigenvalue weighted by Gasteiger charge is -2.54. The third kappa shape index (κ3) is 1.38. The van der Waals surface area contributed by atoms with E-state index in [1.165, 1.54) is 30.3 Å². The Labute approximate surface area is 106 Å². The van der Waals surface area contributed by atoms with Crippen LogP contribution in [0.15, 0.2) is 24.4 Å². The Morgan fingerprint density at radius 2 is 2.22 bits per heavy atom. The van der Waals surface area contributed by atoms with Gasteiger partial charge >= 0.3 is 0 Å². The van der Waals surface area contributed by atoms with Gasteiger partial charge in [0, 0.05) is 30.7 Å². The number of piperazine rings is 1. The fraction of sp³-hybridized carbons (Fsp3) is 0.500. The number of fused-ring (bicyclic) bond motifs is 1. The molecule has 2 aromatic rings. The molecular formula is C14H18N4. The SMILES string of the molecule is c1cc2[nH]ncc2cc1N1CCNCC12CCC2. The molecular weight excluding hydrogens is 224 g/mol. The van der Waals surface area contributed by atoms with Gasteiger partial charge < -0.3 is 10.2 Å². The number of nitrogens with zero attached hydrogens (tertiary/aromatic N) is 2. The van der Waals surface area contributed by atoms with Gasteiger partial charge in [0.2, 0.25) is 0 Å². The largest absolute Gasteiger partial charge is 0.363 e. The average molecular weight is 242 g/mol. The lowest BCUT2D eigenvalue weighted by atomic mass is 9.74.